The fraction of sp³-hybridized carbons (Fsp3) is 0.222. The topological polar surface area (TPSA) is 46.8 Å². The number of hydrogen-bond acceptors (Lipinski definition) is 5. The van der Waals surface area contributed by atoms with Gasteiger partial charge in [-0.05, 0) is 23.8 Å². The summed E-state index contributed by atoms with van der Waals surface area (Å²) in [6.45, 7) is 1.47. The summed E-state index contributed by atoms with van der Waals surface area (Å²) in [5.74, 6) is -0.285. The number of rotatable bonds is 2. The summed E-state index contributed by atoms with van der Waals surface area (Å²) in [6, 6.07) is 8.17. The van der Waals surface area contributed by atoms with Crippen LogP contribution in [0.25, 0.3) is 15.3 Å². The molecule has 1 fully saturated rings. The number of imidazole rings is 1. The number of thiazole rings is 1. The summed E-state index contributed by atoms with van der Waals surface area (Å²) < 4.78 is 20.9. The van der Waals surface area contributed by atoms with Gasteiger partial charge in [-0.2, -0.15) is 0 Å². The van der Waals surface area contributed by atoms with Crippen molar-refractivity contribution in [1.29, 1.82) is 0 Å². The number of nitrogens with zero attached hydrogens (tertiary/aromatic N) is 3. The molecule has 3 aromatic heterocycles. The third kappa shape index (κ3) is 2.61. The Labute approximate surface area is 156 Å². The van der Waals surface area contributed by atoms with Gasteiger partial charge >= 0.3 is 0 Å². The molecule has 132 valence electrons. The Morgan fingerprint density at radius 2 is 2.15 bits per heavy atom. The molecule has 0 bridgehead atoms. The highest BCUT2D eigenvalue weighted by Gasteiger charge is 2.27. The second-order valence-corrected chi connectivity index (χ2v) is 8.03. The number of fused-ring (bicyclic) bond motifs is 3. The van der Waals surface area contributed by atoms with E-state index in [4.69, 9.17) is 4.74 Å². The molecular weight excluding hydrogens is 373 g/mol. The fourth-order valence-corrected chi connectivity index (χ4v) is 4.99. The summed E-state index contributed by atoms with van der Waals surface area (Å²) in [4.78, 5) is 21.8. The van der Waals surface area contributed by atoms with Crippen molar-refractivity contribution < 1.29 is 13.9 Å². The Morgan fingerprint density at radius 3 is 3.00 bits per heavy atom. The Bertz CT molecular complexity index is 1100. The van der Waals surface area contributed by atoms with Crippen molar-refractivity contribution in [2.75, 3.05) is 19.7 Å². The summed E-state index contributed by atoms with van der Waals surface area (Å²) in [5.41, 5.74) is 1.85. The van der Waals surface area contributed by atoms with E-state index in [-0.39, 0.29) is 17.8 Å². The standard InChI is InChI=1S/C18H14FN3O2S2/c19-12-3-1-11(2-4-12)14-10-21(5-7-24-14)17(23)15-9-13-16(26-15)20-18-22(13)6-8-25-18/h1-4,6,8-9,14H,5,7,10H2. The molecule has 1 amide bonds. The van der Waals surface area contributed by atoms with E-state index in [0.29, 0.717) is 24.6 Å². The quantitative estimate of drug-likeness (QED) is 0.523. The average molecular weight is 387 g/mol. The van der Waals surface area contributed by atoms with E-state index in [1.807, 2.05) is 22.0 Å². The third-order valence-electron chi connectivity index (χ3n) is 4.55. The maximum atomic E-state index is 13.1. The van der Waals surface area contributed by atoms with E-state index in [2.05, 4.69) is 4.98 Å². The van der Waals surface area contributed by atoms with Crippen LogP contribution in [0, 0.1) is 5.82 Å². The van der Waals surface area contributed by atoms with Crippen LogP contribution < -0.4 is 0 Å². The summed E-state index contributed by atoms with van der Waals surface area (Å²) >= 11 is 3.00. The molecule has 4 aromatic rings. The molecular formula is C18H14FN3O2S2. The lowest BCUT2D eigenvalue weighted by atomic mass is 10.1. The molecule has 5 rings (SSSR count). The molecule has 0 saturated carbocycles. The number of ether oxygens (including phenoxy) is 1. The lowest BCUT2D eigenvalue weighted by Gasteiger charge is -2.33. The molecule has 1 aliphatic rings. The van der Waals surface area contributed by atoms with Crippen LogP contribution in [0.15, 0.2) is 41.9 Å². The predicted octanol–water partition coefficient (Wildman–Crippen LogP) is 3.96. The van der Waals surface area contributed by atoms with Gasteiger partial charge in [0.1, 0.15) is 16.8 Å². The molecule has 4 heterocycles. The molecule has 1 unspecified atom stereocenters. The Kier molecular flexibility index (Phi) is 3.77. The maximum absolute atomic E-state index is 13.1. The molecule has 8 heteroatoms. The molecule has 1 atom stereocenters. The number of carbonyl (C=O) groups excluding carboxylic acids is 1. The highest BCUT2D eigenvalue weighted by atomic mass is 32.1. The van der Waals surface area contributed by atoms with Gasteiger partial charge in [-0.15, -0.1) is 22.7 Å². The molecule has 0 aliphatic carbocycles. The van der Waals surface area contributed by atoms with Crippen molar-refractivity contribution in [3.8, 4) is 0 Å². The van der Waals surface area contributed by atoms with Crippen LogP contribution in [0.4, 0.5) is 4.39 Å². The number of aromatic nitrogens is 2. The normalized spacial score (nSPS) is 18.0. The van der Waals surface area contributed by atoms with Crippen LogP contribution in [-0.4, -0.2) is 39.9 Å². The van der Waals surface area contributed by atoms with Gasteiger partial charge in [0.15, 0.2) is 4.96 Å². The van der Waals surface area contributed by atoms with E-state index >= 15 is 0 Å². The maximum Gasteiger partial charge on any atom is 0.264 e. The molecule has 1 aliphatic heterocycles. The van der Waals surface area contributed by atoms with E-state index in [9.17, 15) is 9.18 Å². The highest BCUT2D eigenvalue weighted by molar-refractivity contribution is 7.21. The number of hydrogen-bond donors (Lipinski definition) is 0. The Hall–Kier alpha value is -2.29. The smallest absolute Gasteiger partial charge is 0.264 e. The van der Waals surface area contributed by atoms with Gasteiger partial charge in [-0.1, -0.05) is 12.1 Å². The van der Waals surface area contributed by atoms with Crippen LogP contribution in [0.2, 0.25) is 0 Å². The monoisotopic (exact) mass is 387 g/mol. The van der Waals surface area contributed by atoms with Crippen molar-refractivity contribution in [2.24, 2.45) is 0 Å². The van der Waals surface area contributed by atoms with Crippen molar-refractivity contribution in [3.05, 3.63) is 58.2 Å². The van der Waals surface area contributed by atoms with E-state index in [1.165, 1.54) is 23.5 Å². The van der Waals surface area contributed by atoms with Crippen LogP contribution in [0.3, 0.4) is 0 Å². The predicted molar refractivity (Wildman–Crippen MR) is 99.4 cm³/mol. The number of halogens is 1. The van der Waals surface area contributed by atoms with Gasteiger partial charge in [0.2, 0.25) is 0 Å². The fourth-order valence-electron chi connectivity index (χ4n) is 3.22. The van der Waals surface area contributed by atoms with Crippen molar-refractivity contribution in [1.82, 2.24) is 14.3 Å². The first kappa shape index (κ1) is 15.9. The van der Waals surface area contributed by atoms with Gasteiger partial charge < -0.3 is 9.64 Å². The minimum absolute atomic E-state index is 0.00705. The van der Waals surface area contributed by atoms with Crippen LogP contribution in [0.5, 0.6) is 0 Å². The number of benzene rings is 1. The number of morpholine rings is 1. The summed E-state index contributed by atoms with van der Waals surface area (Å²) in [6.07, 6.45) is 1.73. The Morgan fingerprint density at radius 1 is 1.31 bits per heavy atom. The molecule has 0 radical (unpaired) electrons. The zero-order valence-electron chi connectivity index (χ0n) is 13.6. The van der Waals surface area contributed by atoms with Crippen LogP contribution >= 0.6 is 22.7 Å². The second kappa shape index (κ2) is 6.15. The number of thiophene rings is 1. The lowest BCUT2D eigenvalue weighted by molar-refractivity contribution is -0.0226. The van der Waals surface area contributed by atoms with E-state index < -0.39 is 0 Å². The molecule has 1 saturated heterocycles. The highest BCUT2D eigenvalue weighted by Crippen LogP contribution is 2.30. The van der Waals surface area contributed by atoms with Crippen molar-refractivity contribution in [3.63, 3.8) is 0 Å². The van der Waals surface area contributed by atoms with Gasteiger partial charge in [-0.25, -0.2) is 9.37 Å². The van der Waals surface area contributed by atoms with Crippen LogP contribution in [-0.2, 0) is 4.74 Å². The van der Waals surface area contributed by atoms with Crippen molar-refractivity contribution in [2.45, 2.75) is 6.10 Å². The lowest BCUT2D eigenvalue weighted by Crippen LogP contribution is -2.42. The van der Waals surface area contributed by atoms with E-state index in [1.54, 1.807) is 28.4 Å². The first-order chi connectivity index (χ1) is 12.7. The molecule has 0 N–H and O–H groups in total. The SMILES string of the molecule is O=C(c1cc2c(nc3sccn32)s1)N1CCOC(c2ccc(F)cc2)C1. The third-order valence-corrected chi connectivity index (χ3v) is 6.31. The largest absolute Gasteiger partial charge is 0.370 e. The summed E-state index contributed by atoms with van der Waals surface area (Å²) in [5, 5.41) is 1.98. The molecule has 0 spiro atoms. The number of carbonyl (C=O) groups is 1. The van der Waals surface area contributed by atoms with Gasteiger partial charge in [0.05, 0.1) is 23.5 Å². The van der Waals surface area contributed by atoms with E-state index in [0.717, 1.165) is 20.9 Å². The first-order valence-electron chi connectivity index (χ1n) is 8.20. The van der Waals surface area contributed by atoms with Crippen LogP contribution in [0.1, 0.15) is 21.3 Å². The molecule has 5 nitrogen and oxygen atoms in total. The molecule has 26 heavy (non-hydrogen) atoms. The average Bonchev–Trinajstić information content (AvgIpc) is 3.34. The number of amides is 1. The zero-order valence-corrected chi connectivity index (χ0v) is 15.2. The second-order valence-electron chi connectivity index (χ2n) is 6.13. The van der Waals surface area contributed by atoms with Gasteiger partial charge in [-0.3, -0.25) is 9.20 Å². The van der Waals surface area contributed by atoms with Gasteiger partial charge in [0.25, 0.3) is 5.91 Å². The van der Waals surface area contributed by atoms with Gasteiger partial charge in [0, 0.05) is 18.1 Å². The first-order valence-corrected chi connectivity index (χ1v) is 9.90. The Balaban J connectivity index is 1.40. The summed E-state index contributed by atoms with van der Waals surface area (Å²) in [7, 11) is 0. The minimum Gasteiger partial charge on any atom is -0.370 e. The molecule has 1 aromatic carbocycles. The van der Waals surface area contributed by atoms with Crippen molar-refractivity contribution >= 4 is 43.9 Å². The zero-order chi connectivity index (χ0) is 17.7. The minimum atomic E-state index is -0.278.